The minimum Gasteiger partial charge on any atom is -0.382 e. The summed E-state index contributed by atoms with van der Waals surface area (Å²) in [5.41, 5.74) is 3.72. The number of para-hydroxylation sites is 1. The molecule has 0 atom stereocenters. The Hall–Kier alpha value is -2.59. The molecule has 4 heteroatoms. The lowest BCUT2D eigenvalue weighted by molar-refractivity contribution is -0.121. The van der Waals surface area contributed by atoms with Gasteiger partial charge in [-0.2, -0.15) is 0 Å². The predicted octanol–water partition coefficient (Wildman–Crippen LogP) is 4.17. The Bertz CT molecular complexity index is 855. The van der Waals surface area contributed by atoms with Gasteiger partial charge in [0.15, 0.2) is 0 Å². The summed E-state index contributed by atoms with van der Waals surface area (Å²) < 4.78 is 7.57. The molecule has 3 rings (SSSR count). The average molecular weight is 364 g/mol. The number of nitrogens with one attached hydrogen (secondary N) is 1. The molecular weight excluding hydrogens is 336 g/mol. The highest BCUT2D eigenvalue weighted by Crippen LogP contribution is 2.23. The van der Waals surface area contributed by atoms with E-state index in [0.717, 1.165) is 26.0 Å². The lowest BCUT2D eigenvalue weighted by atomic mass is 10.1. The first-order chi connectivity index (χ1) is 13.3. The summed E-state index contributed by atoms with van der Waals surface area (Å²) >= 11 is 0. The van der Waals surface area contributed by atoms with Crippen molar-refractivity contribution in [1.82, 2.24) is 9.88 Å². The molecule has 0 bridgehead atoms. The number of carbonyl (C=O) groups excluding carboxylic acids is 1. The van der Waals surface area contributed by atoms with Crippen LogP contribution in [0.25, 0.3) is 10.9 Å². The van der Waals surface area contributed by atoms with Crippen molar-refractivity contribution in [2.24, 2.45) is 0 Å². The van der Waals surface area contributed by atoms with Crippen LogP contribution in [0.5, 0.6) is 0 Å². The van der Waals surface area contributed by atoms with Crippen LogP contribution in [0.2, 0.25) is 0 Å². The Morgan fingerprint density at radius 1 is 1.07 bits per heavy atom. The summed E-state index contributed by atoms with van der Waals surface area (Å²) in [6.45, 7) is 4.91. The van der Waals surface area contributed by atoms with E-state index >= 15 is 0 Å². The minimum absolute atomic E-state index is 0.103. The molecule has 0 spiro atoms. The van der Waals surface area contributed by atoms with Crippen LogP contribution in [0.3, 0.4) is 0 Å². The Morgan fingerprint density at radius 2 is 1.85 bits per heavy atom. The van der Waals surface area contributed by atoms with Crippen LogP contribution in [0.1, 0.15) is 30.9 Å². The van der Waals surface area contributed by atoms with E-state index in [1.54, 1.807) is 0 Å². The number of benzene rings is 2. The van der Waals surface area contributed by atoms with Crippen molar-refractivity contribution in [3.8, 4) is 0 Å². The topological polar surface area (TPSA) is 43.3 Å². The Balaban J connectivity index is 1.62. The molecular formula is C23H28N2O2. The molecule has 4 nitrogen and oxygen atoms in total. The van der Waals surface area contributed by atoms with Crippen LogP contribution in [-0.2, 0) is 22.5 Å². The molecule has 0 saturated carbocycles. The van der Waals surface area contributed by atoms with E-state index in [9.17, 15) is 4.79 Å². The first-order valence-electron chi connectivity index (χ1n) is 9.73. The molecule has 0 radical (unpaired) electrons. The van der Waals surface area contributed by atoms with E-state index in [0.29, 0.717) is 19.6 Å². The number of hydrogen-bond donors (Lipinski definition) is 1. The van der Waals surface area contributed by atoms with Crippen molar-refractivity contribution < 1.29 is 9.53 Å². The van der Waals surface area contributed by atoms with Gasteiger partial charge in [0.2, 0.25) is 5.91 Å². The van der Waals surface area contributed by atoms with Crippen LogP contribution in [0, 0.1) is 0 Å². The minimum atomic E-state index is 0.103. The van der Waals surface area contributed by atoms with E-state index in [4.69, 9.17) is 4.74 Å². The van der Waals surface area contributed by atoms with Crippen LogP contribution >= 0.6 is 0 Å². The largest absolute Gasteiger partial charge is 0.382 e. The first kappa shape index (κ1) is 19.2. The number of rotatable bonds is 10. The van der Waals surface area contributed by atoms with E-state index in [1.165, 1.54) is 22.0 Å². The summed E-state index contributed by atoms with van der Waals surface area (Å²) in [4.78, 5) is 12.1. The second-order valence-corrected chi connectivity index (χ2v) is 6.69. The third-order valence-electron chi connectivity index (χ3n) is 4.68. The molecule has 1 heterocycles. The number of aryl methyl sites for hydroxylation is 1. The molecule has 0 fully saturated rings. The highest BCUT2D eigenvalue weighted by atomic mass is 16.5. The number of carbonyl (C=O) groups is 1. The monoisotopic (exact) mass is 364 g/mol. The molecule has 0 aliphatic heterocycles. The average Bonchev–Trinajstić information content (AvgIpc) is 3.05. The van der Waals surface area contributed by atoms with E-state index < -0.39 is 0 Å². The number of nitrogens with zero attached hydrogens (tertiary/aromatic N) is 1. The van der Waals surface area contributed by atoms with Crippen LogP contribution in [0.4, 0.5) is 0 Å². The fraction of sp³-hybridized carbons (Fsp3) is 0.348. The lowest BCUT2D eigenvalue weighted by Gasteiger charge is -2.05. The smallest absolute Gasteiger partial charge is 0.220 e. The Kier molecular flexibility index (Phi) is 7.05. The maximum absolute atomic E-state index is 12.1. The molecule has 3 aromatic rings. The van der Waals surface area contributed by atoms with Gasteiger partial charge in [0.25, 0.3) is 0 Å². The van der Waals surface area contributed by atoms with Gasteiger partial charge in [-0.3, -0.25) is 4.79 Å². The molecule has 1 aromatic heterocycles. The summed E-state index contributed by atoms with van der Waals surface area (Å²) in [6, 6.07) is 18.9. The first-order valence-corrected chi connectivity index (χ1v) is 9.73. The maximum atomic E-state index is 12.1. The summed E-state index contributed by atoms with van der Waals surface area (Å²) in [5.74, 6) is 0.103. The SMILES string of the molecule is CCOCCCNC(=O)CCc1cn(Cc2ccccc2)c2ccccc12. The Morgan fingerprint density at radius 3 is 2.67 bits per heavy atom. The van der Waals surface area contributed by atoms with E-state index in [-0.39, 0.29) is 5.91 Å². The van der Waals surface area contributed by atoms with Gasteiger partial charge in [-0.05, 0) is 37.0 Å². The summed E-state index contributed by atoms with van der Waals surface area (Å²) in [7, 11) is 0. The van der Waals surface area contributed by atoms with Crippen molar-refractivity contribution in [1.29, 1.82) is 0 Å². The molecule has 27 heavy (non-hydrogen) atoms. The fourth-order valence-corrected chi connectivity index (χ4v) is 3.32. The summed E-state index contributed by atoms with van der Waals surface area (Å²) in [5, 5.41) is 4.21. The molecule has 2 aromatic carbocycles. The number of hydrogen-bond acceptors (Lipinski definition) is 2. The van der Waals surface area contributed by atoms with Crippen LogP contribution in [0.15, 0.2) is 60.8 Å². The van der Waals surface area contributed by atoms with Gasteiger partial charge < -0.3 is 14.6 Å². The maximum Gasteiger partial charge on any atom is 0.220 e. The number of amides is 1. The second kappa shape index (κ2) is 9.93. The van der Waals surface area contributed by atoms with E-state index in [2.05, 4.69) is 64.6 Å². The van der Waals surface area contributed by atoms with Crippen LogP contribution in [-0.4, -0.2) is 30.2 Å². The zero-order chi connectivity index (χ0) is 18.9. The van der Waals surface area contributed by atoms with Gasteiger partial charge in [0.05, 0.1) is 0 Å². The molecule has 0 unspecified atom stereocenters. The van der Waals surface area contributed by atoms with Gasteiger partial charge in [-0.15, -0.1) is 0 Å². The number of ether oxygens (including phenoxy) is 1. The zero-order valence-electron chi connectivity index (χ0n) is 16.0. The van der Waals surface area contributed by atoms with Gasteiger partial charge in [0, 0.05) is 49.8 Å². The molecule has 1 amide bonds. The third-order valence-corrected chi connectivity index (χ3v) is 4.68. The zero-order valence-corrected chi connectivity index (χ0v) is 16.0. The van der Waals surface area contributed by atoms with Crippen molar-refractivity contribution in [3.05, 3.63) is 71.9 Å². The highest BCUT2D eigenvalue weighted by molar-refractivity contribution is 5.85. The third kappa shape index (κ3) is 5.44. The normalized spacial score (nSPS) is 11.0. The van der Waals surface area contributed by atoms with Crippen molar-refractivity contribution in [3.63, 3.8) is 0 Å². The van der Waals surface area contributed by atoms with Gasteiger partial charge >= 0.3 is 0 Å². The van der Waals surface area contributed by atoms with Crippen LogP contribution < -0.4 is 5.32 Å². The fourth-order valence-electron chi connectivity index (χ4n) is 3.32. The number of aromatic nitrogens is 1. The van der Waals surface area contributed by atoms with E-state index in [1.807, 2.05) is 13.0 Å². The highest BCUT2D eigenvalue weighted by Gasteiger charge is 2.10. The molecule has 0 saturated heterocycles. The molecule has 1 N–H and O–H groups in total. The summed E-state index contributed by atoms with van der Waals surface area (Å²) in [6.07, 6.45) is 4.31. The van der Waals surface area contributed by atoms with Crippen molar-refractivity contribution in [2.75, 3.05) is 19.8 Å². The van der Waals surface area contributed by atoms with Crippen molar-refractivity contribution >= 4 is 16.8 Å². The standard InChI is InChI=1S/C23H28N2O2/c1-2-27-16-8-15-24-23(26)14-13-20-18-25(17-19-9-4-3-5-10-19)22-12-7-6-11-21(20)22/h3-7,9-12,18H,2,8,13-17H2,1H3,(H,24,26). The number of fused-ring (bicyclic) bond motifs is 1. The van der Waals surface area contributed by atoms with Gasteiger partial charge in [0.1, 0.15) is 0 Å². The lowest BCUT2D eigenvalue weighted by Crippen LogP contribution is -2.25. The molecule has 142 valence electrons. The van der Waals surface area contributed by atoms with Gasteiger partial charge in [-0.25, -0.2) is 0 Å². The Labute approximate surface area is 161 Å². The quantitative estimate of drug-likeness (QED) is 0.549. The molecule has 0 aliphatic carbocycles. The predicted molar refractivity (Wildman–Crippen MR) is 110 cm³/mol. The second-order valence-electron chi connectivity index (χ2n) is 6.69. The molecule has 0 aliphatic rings. The van der Waals surface area contributed by atoms with Gasteiger partial charge in [-0.1, -0.05) is 48.5 Å². The van der Waals surface area contributed by atoms with Crippen molar-refractivity contribution in [2.45, 2.75) is 32.7 Å².